The summed E-state index contributed by atoms with van der Waals surface area (Å²) < 4.78 is 0. The van der Waals surface area contributed by atoms with E-state index in [0.29, 0.717) is 0 Å². The van der Waals surface area contributed by atoms with Gasteiger partial charge in [-0.05, 0) is 37.2 Å². The van der Waals surface area contributed by atoms with E-state index in [-0.39, 0.29) is 17.9 Å². The van der Waals surface area contributed by atoms with Gasteiger partial charge < -0.3 is 15.5 Å². The van der Waals surface area contributed by atoms with Crippen LogP contribution in [0, 0.1) is 5.41 Å². The maximum Gasteiger partial charge on any atom is 0.244 e. The van der Waals surface area contributed by atoms with Gasteiger partial charge in [0.1, 0.15) is 6.54 Å². The predicted octanol–water partition coefficient (Wildman–Crippen LogP) is 2.43. The molecular formula is C20H32N4O. The second-order valence-electron chi connectivity index (χ2n) is 7.46. The summed E-state index contributed by atoms with van der Waals surface area (Å²) in [6.07, 6.45) is 3.22. The van der Waals surface area contributed by atoms with E-state index in [4.69, 9.17) is 0 Å². The first-order chi connectivity index (χ1) is 12.0. The van der Waals surface area contributed by atoms with Gasteiger partial charge in [0, 0.05) is 26.2 Å². The Morgan fingerprint density at radius 2 is 1.84 bits per heavy atom. The molecule has 0 unspecified atom stereocenters. The maximum atomic E-state index is 12.2. The lowest BCUT2D eigenvalue weighted by Crippen LogP contribution is -2.43. The number of nitrogens with zero attached hydrogens (tertiary/aromatic N) is 2. The summed E-state index contributed by atoms with van der Waals surface area (Å²) in [6.45, 7) is 10.1. The first-order valence-electron chi connectivity index (χ1n) is 9.34. The molecule has 2 N–H and O–H groups in total. The molecule has 5 nitrogen and oxygen atoms in total. The lowest BCUT2D eigenvalue weighted by atomic mass is 9.86. The van der Waals surface area contributed by atoms with Gasteiger partial charge in [-0.3, -0.25) is 4.79 Å². The molecule has 1 saturated heterocycles. The highest BCUT2D eigenvalue weighted by molar-refractivity contribution is 5.85. The standard InChI is InChI=1S/C20H32N4O/c1-4-21-19(22-15-18(25)24-12-8-9-13-24)23-16-20(2,3)14-17-10-6-5-7-11-17/h5-7,10-11H,4,8-9,12-16H2,1-3H3,(H2,21,22,23). The van der Waals surface area contributed by atoms with Crippen LogP contribution in [0.3, 0.4) is 0 Å². The molecule has 1 amide bonds. The highest BCUT2D eigenvalue weighted by Crippen LogP contribution is 2.20. The minimum absolute atomic E-state index is 0.0938. The number of carbonyl (C=O) groups excluding carboxylic acids is 1. The third kappa shape index (κ3) is 6.77. The van der Waals surface area contributed by atoms with Crippen molar-refractivity contribution >= 4 is 11.9 Å². The van der Waals surface area contributed by atoms with Crippen molar-refractivity contribution in [3.8, 4) is 0 Å². The Balaban J connectivity index is 1.86. The normalized spacial score (nSPS) is 15.3. The Labute approximate surface area is 151 Å². The molecule has 0 aliphatic carbocycles. The zero-order chi connectivity index (χ0) is 18.1. The third-order valence-electron chi connectivity index (χ3n) is 4.44. The molecule has 0 bridgehead atoms. The van der Waals surface area contributed by atoms with E-state index >= 15 is 0 Å². The van der Waals surface area contributed by atoms with Crippen molar-refractivity contribution in [3.63, 3.8) is 0 Å². The Bertz CT molecular complexity index is 562. The van der Waals surface area contributed by atoms with Crippen LogP contribution in [-0.4, -0.2) is 49.5 Å². The van der Waals surface area contributed by atoms with E-state index in [1.807, 2.05) is 17.9 Å². The summed E-state index contributed by atoms with van der Waals surface area (Å²) in [5, 5.41) is 6.63. The zero-order valence-corrected chi connectivity index (χ0v) is 15.8. The smallest absolute Gasteiger partial charge is 0.244 e. The van der Waals surface area contributed by atoms with Gasteiger partial charge in [-0.2, -0.15) is 0 Å². The fourth-order valence-electron chi connectivity index (χ4n) is 3.09. The number of aliphatic imine (C=N–C) groups is 1. The third-order valence-corrected chi connectivity index (χ3v) is 4.44. The van der Waals surface area contributed by atoms with Gasteiger partial charge in [0.05, 0.1) is 0 Å². The van der Waals surface area contributed by atoms with Crippen LogP contribution in [0.1, 0.15) is 39.2 Å². The molecule has 5 heteroatoms. The van der Waals surface area contributed by atoms with Crippen molar-refractivity contribution in [2.75, 3.05) is 32.7 Å². The van der Waals surface area contributed by atoms with Crippen molar-refractivity contribution in [3.05, 3.63) is 35.9 Å². The Hall–Kier alpha value is -2.04. The average molecular weight is 345 g/mol. The monoisotopic (exact) mass is 344 g/mol. The van der Waals surface area contributed by atoms with E-state index in [1.165, 1.54) is 5.56 Å². The number of hydrogen-bond donors (Lipinski definition) is 2. The number of hydrogen-bond acceptors (Lipinski definition) is 2. The molecule has 2 rings (SSSR count). The predicted molar refractivity (Wildman–Crippen MR) is 104 cm³/mol. The first kappa shape index (κ1) is 19.3. The Morgan fingerprint density at radius 3 is 2.48 bits per heavy atom. The number of amides is 1. The summed E-state index contributed by atoms with van der Waals surface area (Å²) in [5.41, 5.74) is 1.43. The molecule has 138 valence electrons. The van der Waals surface area contributed by atoms with Gasteiger partial charge in [-0.25, -0.2) is 4.99 Å². The van der Waals surface area contributed by atoms with Crippen LogP contribution in [0.25, 0.3) is 0 Å². The molecule has 1 aromatic rings. The van der Waals surface area contributed by atoms with Gasteiger partial charge in [-0.15, -0.1) is 0 Å². The van der Waals surface area contributed by atoms with Crippen LogP contribution in [0.4, 0.5) is 0 Å². The minimum Gasteiger partial charge on any atom is -0.357 e. The average Bonchev–Trinajstić information content (AvgIpc) is 3.12. The summed E-state index contributed by atoms with van der Waals surface area (Å²) in [4.78, 5) is 18.5. The zero-order valence-electron chi connectivity index (χ0n) is 15.8. The van der Waals surface area contributed by atoms with E-state index in [9.17, 15) is 4.79 Å². The van der Waals surface area contributed by atoms with Gasteiger partial charge in [0.2, 0.25) is 5.91 Å². The highest BCUT2D eigenvalue weighted by Gasteiger charge is 2.20. The Kier molecular flexibility index (Phi) is 7.29. The van der Waals surface area contributed by atoms with Crippen molar-refractivity contribution in [2.45, 2.75) is 40.0 Å². The molecule has 1 aromatic carbocycles. The van der Waals surface area contributed by atoms with Gasteiger partial charge >= 0.3 is 0 Å². The van der Waals surface area contributed by atoms with Gasteiger partial charge in [0.15, 0.2) is 5.96 Å². The van der Waals surface area contributed by atoms with E-state index in [1.54, 1.807) is 0 Å². The van der Waals surface area contributed by atoms with Crippen LogP contribution < -0.4 is 10.6 Å². The quantitative estimate of drug-likeness (QED) is 0.590. The topological polar surface area (TPSA) is 56.7 Å². The van der Waals surface area contributed by atoms with Crippen molar-refractivity contribution < 1.29 is 4.79 Å². The lowest BCUT2D eigenvalue weighted by molar-refractivity contribution is -0.128. The summed E-state index contributed by atoms with van der Waals surface area (Å²) in [5.74, 6) is 0.842. The molecule has 0 spiro atoms. The summed E-state index contributed by atoms with van der Waals surface area (Å²) >= 11 is 0. The lowest BCUT2D eigenvalue weighted by Gasteiger charge is -2.26. The van der Waals surface area contributed by atoms with E-state index in [0.717, 1.165) is 51.4 Å². The van der Waals surface area contributed by atoms with Gasteiger partial charge in [-0.1, -0.05) is 44.2 Å². The number of carbonyl (C=O) groups is 1. The van der Waals surface area contributed by atoms with Crippen molar-refractivity contribution in [2.24, 2.45) is 10.4 Å². The SMILES string of the molecule is CCNC(=NCC(=O)N1CCCC1)NCC(C)(C)Cc1ccccc1. The number of likely N-dealkylation sites (tertiary alicyclic amines) is 1. The molecule has 1 aliphatic rings. The molecule has 25 heavy (non-hydrogen) atoms. The fraction of sp³-hybridized carbons (Fsp3) is 0.600. The number of nitrogens with one attached hydrogen (secondary N) is 2. The van der Waals surface area contributed by atoms with Crippen LogP contribution in [0.2, 0.25) is 0 Å². The van der Waals surface area contributed by atoms with Crippen LogP contribution in [0.15, 0.2) is 35.3 Å². The molecule has 1 fully saturated rings. The molecule has 1 aliphatic heterocycles. The molecule has 0 radical (unpaired) electrons. The van der Waals surface area contributed by atoms with E-state index in [2.05, 4.69) is 53.7 Å². The largest absolute Gasteiger partial charge is 0.357 e. The van der Waals surface area contributed by atoms with Crippen LogP contribution in [-0.2, 0) is 11.2 Å². The van der Waals surface area contributed by atoms with E-state index < -0.39 is 0 Å². The van der Waals surface area contributed by atoms with Crippen molar-refractivity contribution in [1.82, 2.24) is 15.5 Å². The molecule has 1 heterocycles. The summed E-state index contributed by atoms with van der Waals surface area (Å²) in [7, 11) is 0. The fourth-order valence-corrected chi connectivity index (χ4v) is 3.09. The van der Waals surface area contributed by atoms with Crippen molar-refractivity contribution in [1.29, 1.82) is 0 Å². The Morgan fingerprint density at radius 1 is 1.16 bits per heavy atom. The minimum atomic E-state index is 0.0938. The van der Waals surface area contributed by atoms with Crippen LogP contribution >= 0.6 is 0 Å². The number of benzene rings is 1. The first-order valence-corrected chi connectivity index (χ1v) is 9.34. The molecule has 0 atom stereocenters. The second-order valence-corrected chi connectivity index (χ2v) is 7.46. The summed E-state index contributed by atoms with van der Waals surface area (Å²) in [6, 6.07) is 10.5. The molecule has 0 saturated carbocycles. The van der Waals surface area contributed by atoms with Crippen LogP contribution in [0.5, 0.6) is 0 Å². The van der Waals surface area contributed by atoms with Gasteiger partial charge in [0.25, 0.3) is 0 Å². The number of guanidine groups is 1. The maximum absolute atomic E-state index is 12.2. The number of rotatable bonds is 7. The molecular weight excluding hydrogens is 312 g/mol. The second kappa shape index (κ2) is 9.44. The molecule has 0 aromatic heterocycles. The highest BCUT2D eigenvalue weighted by atomic mass is 16.2.